The number of amides is 1. The molecule has 0 bridgehead atoms. The molecule has 0 spiro atoms. The second kappa shape index (κ2) is 9.37. The molecule has 1 amide bonds. The van der Waals surface area contributed by atoms with Crippen molar-refractivity contribution in [2.24, 2.45) is 0 Å². The topological polar surface area (TPSA) is 71.8 Å². The summed E-state index contributed by atoms with van der Waals surface area (Å²) in [5.41, 5.74) is 2.63. The number of carbonyl (C=O) groups excluding carboxylic acids is 1. The van der Waals surface area contributed by atoms with Crippen molar-refractivity contribution in [3.8, 4) is 5.75 Å². The number of carbonyl (C=O) groups is 1. The molecular formula is C23H26N5O2+. The first-order valence-corrected chi connectivity index (χ1v) is 10.1. The minimum absolute atomic E-state index is 0.115. The van der Waals surface area contributed by atoms with Gasteiger partial charge in [-0.1, -0.05) is 12.1 Å². The van der Waals surface area contributed by atoms with E-state index in [0.29, 0.717) is 5.56 Å². The second-order valence-corrected chi connectivity index (χ2v) is 7.34. The van der Waals surface area contributed by atoms with Gasteiger partial charge in [0.15, 0.2) is 0 Å². The van der Waals surface area contributed by atoms with Crippen LogP contribution in [0.15, 0.2) is 67.0 Å². The summed E-state index contributed by atoms with van der Waals surface area (Å²) in [5, 5.41) is 2.91. The van der Waals surface area contributed by atoms with E-state index in [1.54, 1.807) is 19.5 Å². The monoisotopic (exact) mass is 404 g/mol. The van der Waals surface area contributed by atoms with E-state index in [1.165, 1.54) is 10.5 Å². The van der Waals surface area contributed by atoms with Gasteiger partial charge < -0.3 is 19.9 Å². The highest BCUT2D eigenvalue weighted by atomic mass is 16.5. The Bertz CT molecular complexity index is 953. The fraction of sp³-hybridized carbons (Fsp3) is 0.261. The summed E-state index contributed by atoms with van der Waals surface area (Å²) >= 11 is 0. The molecule has 0 aliphatic carbocycles. The van der Waals surface area contributed by atoms with E-state index in [4.69, 9.17) is 4.74 Å². The summed E-state index contributed by atoms with van der Waals surface area (Å²) in [6, 6.07) is 17.0. The Balaban J connectivity index is 1.29. The molecule has 1 saturated heterocycles. The number of anilines is 2. The van der Waals surface area contributed by atoms with E-state index in [0.717, 1.165) is 50.1 Å². The van der Waals surface area contributed by atoms with Crippen LogP contribution in [-0.4, -0.2) is 49.2 Å². The number of nitrogens with one attached hydrogen (secondary N) is 2. The van der Waals surface area contributed by atoms with Crippen molar-refractivity contribution in [2.45, 2.75) is 6.54 Å². The van der Waals surface area contributed by atoms with Gasteiger partial charge in [-0.05, 0) is 42.5 Å². The van der Waals surface area contributed by atoms with Gasteiger partial charge in [0.2, 0.25) is 5.95 Å². The van der Waals surface area contributed by atoms with Crippen molar-refractivity contribution in [3.05, 3.63) is 78.1 Å². The molecule has 154 valence electrons. The smallest absolute Gasteiger partial charge is 0.255 e. The highest BCUT2D eigenvalue weighted by Crippen LogP contribution is 2.16. The third-order valence-corrected chi connectivity index (χ3v) is 5.32. The summed E-state index contributed by atoms with van der Waals surface area (Å²) in [7, 11) is 1.62. The van der Waals surface area contributed by atoms with E-state index in [1.807, 2.05) is 54.6 Å². The van der Waals surface area contributed by atoms with E-state index in [9.17, 15) is 4.79 Å². The van der Waals surface area contributed by atoms with E-state index < -0.39 is 0 Å². The molecule has 30 heavy (non-hydrogen) atoms. The lowest BCUT2D eigenvalue weighted by molar-refractivity contribution is -0.914. The van der Waals surface area contributed by atoms with E-state index in [2.05, 4.69) is 20.2 Å². The Morgan fingerprint density at radius 1 is 1.03 bits per heavy atom. The summed E-state index contributed by atoms with van der Waals surface area (Å²) in [4.78, 5) is 24.9. The van der Waals surface area contributed by atoms with Gasteiger partial charge in [0.25, 0.3) is 5.91 Å². The van der Waals surface area contributed by atoms with Gasteiger partial charge in [-0.3, -0.25) is 4.79 Å². The summed E-state index contributed by atoms with van der Waals surface area (Å²) in [6.07, 6.45) is 3.57. The number of methoxy groups -OCH3 is 1. The largest absolute Gasteiger partial charge is 0.497 e. The lowest BCUT2D eigenvalue weighted by atomic mass is 10.1. The van der Waals surface area contributed by atoms with Crippen LogP contribution in [0.2, 0.25) is 0 Å². The lowest BCUT2D eigenvalue weighted by Gasteiger charge is -2.32. The molecule has 0 unspecified atom stereocenters. The Hall–Kier alpha value is -3.45. The molecule has 2 heterocycles. The summed E-state index contributed by atoms with van der Waals surface area (Å²) in [6.45, 7) is 4.92. The van der Waals surface area contributed by atoms with Gasteiger partial charge in [-0.15, -0.1) is 0 Å². The molecule has 4 rings (SSSR count). The molecule has 1 aliphatic rings. The number of ether oxygens (including phenoxy) is 1. The number of rotatable bonds is 6. The van der Waals surface area contributed by atoms with Crippen molar-refractivity contribution in [2.75, 3.05) is 43.5 Å². The van der Waals surface area contributed by atoms with Crippen LogP contribution < -0.4 is 19.9 Å². The Kier molecular flexibility index (Phi) is 6.20. The molecule has 1 aliphatic heterocycles. The van der Waals surface area contributed by atoms with E-state index in [-0.39, 0.29) is 5.91 Å². The van der Waals surface area contributed by atoms with Gasteiger partial charge in [-0.25, -0.2) is 9.97 Å². The number of piperazine rings is 1. The maximum Gasteiger partial charge on any atom is 0.255 e. The van der Waals surface area contributed by atoms with Gasteiger partial charge >= 0.3 is 0 Å². The zero-order valence-electron chi connectivity index (χ0n) is 17.0. The van der Waals surface area contributed by atoms with Crippen LogP contribution >= 0.6 is 0 Å². The molecule has 3 aromatic rings. The second-order valence-electron chi connectivity index (χ2n) is 7.34. The van der Waals surface area contributed by atoms with Crippen LogP contribution in [0.25, 0.3) is 0 Å². The molecule has 2 N–H and O–H groups in total. The summed E-state index contributed by atoms with van der Waals surface area (Å²) in [5.74, 6) is 1.45. The fourth-order valence-electron chi connectivity index (χ4n) is 3.59. The van der Waals surface area contributed by atoms with Crippen LogP contribution in [0, 0.1) is 0 Å². The number of hydrogen-bond donors (Lipinski definition) is 2. The minimum atomic E-state index is -0.115. The average Bonchev–Trinajstić information content (AvgIpc) is 2.81. The van der Waals surface area contributed by atoms with Gasteiger partial charge in [-0.2, -0.15) is 0 Å². The maximum absolute atomic E-state index is 12.5. The Morgan fingerprint density at radius 3 is 2.33 bits per heavy atom. The number of nitrogens with zero attached hydrogens (tertiary/aromatic N) is 3. The third-order valence-electron chi connectivity index (χ3n) is 5.32. The molecule has 7 heteroatoms. The lowest BCUT2D eigenvalue weighted by Crippen LogP contribution is -3.13. The number of quaternary nitrogens is 1. The van der Waals surface area contributed by atoms with Gasteiger partial charge in [0.05, 0.1) is 33.3 Å². The summed E-state index contributed by atoms with van der Waals surface area (Å²) < 4.78 is 5.14. The van der Waals surface area contributed by atoms with Crippen LogP contribution in [0.5, 0.6) is 5.75 Å². The molecule has 7 nitrogen and oxygen atoms in total. The number of aromatic nitrogens is 2. The van der Waals surface area contributed by atoms with Gasteiger partial charge in [0.1, 0.15) is 12.3 Å². The SMILES string of the molecule is COc1ccc(NC(=O)c2ccc(C[NH+]3CCN(c4ncccn4)CC3)cc2)cc1. The van der Waals surface area contributed by atoms with Crippen molar-refractivity contribution >= 4 is 17.5 Å². The fourth-order valence-corrected chi connectivity index (χ4v) is 3.59. The average molecular weight is 404 g/mol. The first-order valence-electron chi connectivity index (χ1n) is 10.1. The van der Waals surface area contributed by atoms with Crippen molar-refractivity contribution < 1.29 is 14.4 Å². The molecule has 0 saturated carbocycles. The van der Waals surface area contributed by atoms with Crippen LogP contribution in [0.3, 0.4) is 0 Å². The van der Waals surface area contributed by atoms with Crippen molar-refractivity contribution in [3.63, 3.8) is 0 Å². The molecule has 1 fully saturated rings. The number of hydrogen-bond acceptors (Lipinski definition) is 5. The standard InChI is InChI=1S/C23H25N5O2/c1-30-21-9-7-20(8-10-21)26-22(29)19-5-3-18(4-6-19)17-27-13-15-28(16-14-27)23-24-11-2-12-25-23/h2-12H,13-17H2,1H3,(H,26,29)/p+1. The highest BCUT2D eigenvalue weighted by molar-refractivity contribution is 6.04. The number of benzene rings is 2. The zero-order chi connectivity index (χ0) is 20.8. The molecule has 1 aromatic heterocycles. The Morgan fingerprint density at radius 2 is 1.70 bits per heavy atom. The van der Waals surface area contributed by atoms with E-state index >= 15 is 0 Å². The predicted molar refractivity (Wildman–Crippen MR) is 116 cm³/mol. The Labute approximate surface area is 176 Å². The third kappa shape index (κ3) is 4.93. The van der Waals surface area contributed by atoms with Crippen molar-refractivity contribution in [1.29, 1.82) is 0 Å². The quantitative estimate of drug-likeness (QED) is 0.654. The zero-order valence-corrected chi connectivity index (χ0v) is 17.0. The normalized spacial score (nSPS) is 14.4. The van der Waals surface area contributed by atoms with Gasteiger partial charge in [0, 0.05) is 29.2 Å². The van der Waals surface area contributed by atoms with Crippen LogP contribution in [0.1, 0.15) is 15.9 Å². The van der Waals surface area contributed by atoms with Crippen LogP contribution in [-0.2, 0) is 6.54 Å². The highest BCUT2D eigenvalue weighted by Gasteiger charge is 2.21. The maximum atomic E-state index is 12.5. The first kappa shape index (κ1) is 19.8. The first-order chi connectivity index (χ1) is 14.7. The predicted octanol–water partition coefficient (Wildman–Crippen LogP) is 1.64. The van der Waals surface area contributed by atoms with Crippen LogP contribution in [0.4, 0.5) is 11.6 Å². The molecule has 0 atom stereocenters. The van der Waals surface area contributed by atoms with Crippen molar-refractivity contribution in [1.82, 2.24) is 9.97 Å². The molecule has 2 aromatic carbocycles. The molecule has 0 radical (unpaired) electrons. The molecular weight excluding hydrogens is 378 g/mol. The minimum Gasteiger partial charge on any atom is -0.497 e.